The molecule has 0 saturated carbocycles. The summed E-state index contributed by atoms with van der Waals surface area (Å²) in [4.78, 5) is 49.2. The van der Waals surface area contributed by atoms with Crippen LogP contribution < -0.4 is 5.32 Å². The first-order valence-electron chi connectivity index (χ1n) is 16.1. The van der Waals surface area contributed by atoms with E-state index in [9.17, 15) is 19.2 Å². The lowest BCUT2D eigenvalue weighted by molar-refractivity contribution is -0.290. The lowest BCUT2D eigenvalue weighted by Crippen LogP contribution is -2.71. The standard InChI is InChI=1S/C31H50Cl3NO13Si/c1-15-22(35-28(39)41-14-31(32,33)34)27(47-21-13-42-49(29(6,7)8,30(9,10)11)48-23(15)21)40-12-20-25(45-18(4)37)26(46-19(5)38)24(16(2)43-20)44-17(3)36/h15-16,20-27H,12-14H2,1-11H3,(H,35,39)/t15-,16+,20?,21?,22?,23-,24?,25+,26-,27-/m1/s1. The van der Waals surface area contributed by atoms with Gasteiger partial charge < -0.3 is 47.3 Å². The fourth-order valence-electron chi connectivity index (χ4n) is 6.88. The second-order valence-electron chi connectivity index (χ2n) is 14.7. The molecule has 0 aromatic carbocycles. The number of alkyl halides is 3. The third-order valence-electron chi connectivity index (χ3n) is 8.63. The SMILES string of the molecule is CC(=O)OC1[C@H](C)OC(CO[C@@H]2OC3CO[Si](C(C)(C)C)(C(C)(C)C)O[C@@H]3[C@H](C)C2NC(=O)OCC(Cl)(Cl)Cl)[C@H](OC(C)=O)[C@@H]1OC(C)=O. The topological polar surface area (TPSA) is 163 Å². The minimum atomic E-state index is -2.95. The second kappa shape index (κ2) is 16.1. The molecular formula is C31H50Cl3NO13Si. The van der Waals surface area contributed by atoms with Gasteiger partial charge in [0, 0.05) is 36.8 Å². The Morgan fingerprint density at radius 3 is 1.86 bits per heavy atom. The zero-order valence-electron chi connectivity index (χ0n) is 29.8. The summed E-state index contributed by atoms with van der Waals surface area (Å²) in [7, 11) is -2.95. The Kier molecular flexibility index (Phi) is 13.8. The average molecular weight is 779 g/mol. The normalized spacial score (nSPS) is 33.4. The van der Waals surface area contributed by atoms with Gasteiger partial charge in [-0.1, -0.05) is 83.3 Å². The van der Waals surface area contributed by atoms with E-state index in [2.05, 4.69) is 46.9 Å². The Hall–Kier alpha value is -1.43. The first-order chi connectivity index (χ1) is 22.4. The maximum absolute atomic E-state index is 13.0. The number of hydrogen-bond donors (Lipinski definition) is 1. The van der Waals surface area contributed by atoms with E-state index in [0.29, 0.717) is 0 Å². The van der Waals surface area contributed by atoms with Crippen LogP contribution in [-0.2, 0) is 56.4 Å². The largest absolute Gasteiger partial charge is 0.456 e. The van der Waals surface area contributed by atoms with Gasteiger partial charge >= 0.3 is 32.6 Å². The third kappa shape index (κ3) is 10.3. The molecule has 1 amide bonds. The highest BCUT2D eigenvalue weighted by Crippen LogP contribution is 2.55. The van der Waals surface area contributed by atoms with E-state index in [0.717, 1.165) is 0 Å². The molecule has 3 heterocycles. The molecular weight excluding hydrogens is 729 g/mol. The molecule has 3 rings (SSSR count). The van der Waals surface area contributed by atoms with Gasteiger partial charge in [0.15, 0.2) is 24.6 Å². The van der Waals surface area contributed by atoms with Crippen LogP contribution in [-0.4, -0.2) is 111 Å². The zero-order chi connectivity index (χ0) is 37.3. The number of nitrogens with one attached hydrogen (secondary N) is 1. The fraction of sp³-hybridized carbons (Fsp3) is 0.871. The number of amides is 1. The molecule has 0 aliphatic carbocycles. The molecule has 3 saturated heterocycles. The Labute approximate surface area is 303 Å². The van der Waals surface area contributed by atoms with Gasteiger partial charge in [-0.05, 0) is 6.92 Å². The molecule has 14 nitrogen and oxygen atoms in total. The predicted molar refractivity (Wildman–Crippen MR) is 179 cm³/mol. The molecule has 0 radical (unpaired) electrons. The highest BCUT2D eigenvalue weighted by atomic mass is 35.6. The van der Waals surface area contributed by atoms with Gasteiger partial charge in [0.25, 0.3) is 0 Å². The zero-order valence-corrected chi connectivity index (χ0v) is 33.1. The van der Waals surface area contributed by atoms with Gasteiger partial charge in [-0.15, -0.1) is 0 Å². The monoisotopic (exact) mass is 777 g/mol. The third-order valence-corrected chi connectivity index (χ3v) is 14.1. The second-order valence-corrected chi connectivity index (χ2v) is 22.0. The predicted octanol–water partition coefficient (Wildman–Crippen LogP) is 4.87. The molecule has 4 unspecified atom stereocenters. The van der Waals surface area contributed by atoms with Crippen molar-refractivity contribution in [2.24, 2.45) is 5.92 Å². The number of halogens is 3. The van der Waals surface area contributed by atoms with Crippen molar-refractivity contribution in [2.45, 2.75) is 145 Å². The highest BCUT2D eigenvalue weighted by Gasteiger charge is 2.64. The van der Waals surface area contributed by atoms with Crippen molar-refractivity contribution < 1.29 is 61.2 Å². The summed E-state index contributed by atoms with van der Waals surface area (Å²) in [5.41, 5.74) is 0. The van der Waals surface area contributed by atoms with Gasteiger partial charge in [0.05, 0.1) is 31.5 Å². The molecule has 0 spiro atoms. The molecule has 3 fully saturated rings. The Morgan fingerprint density at radius 1 is 0.816 bits per heavy atom. The van der Waals surface area contributed by atoms with Crippen molar-refractivity contribution >= 4 is 67.4 Å². The molecule has 3 aliphatic heterocycles. The Bertz CT molecular complexity index is 1190. The van der Waals surface area contributed by atoms with Crippen LogP contribution in [0.15, 0.2) is 0 Å². The van der Waals surface area contributed by atoms with E-state index >= 15 is 0 Å². The lowest BCUT2D eigenvalue weighted by Gasteiger charge is -2.58. The van der Waals surface area contributed by atoms with E-state index in [-0.39, 0.29) is 23.3 Å². The summed E-state index contributed by atoms with van der Waals surface area (Å²) in [6.45, 7) is 19.0. The van der Waals surface area contributed by atoms with Gasteiger partial charge in [-0.3, -0.25) is 14.4 Å². The quantitative estimate of drug-likeness (QED) is 0.154. The van der Waals surface area contributed by atoms with Crippen molar-refractivity contribution in [3.63, 3.8) is 0 Å². The number of carbonyl (C=O) groups is 4. The number of esters is 3. The molecule has 282 valence electrons. The van der Waals surface area contributed by atoms with Crippen molar-refractivity contribution in [2.75, 3.05) is 19.8 Å². The maximum Gasteiger partial charge on any atom is 0.407 e. The summed E-state index contributed by atoms with van der Waals surface area (Å²) in [6, 6.07) is -0.861. The van der Waals surface area contributed by atoms with Crippen LogP contribution in [0.2, 0.25) is 10.1 Å². The molecule has 49 heavy (non-hydrogen) atoms. The summed E-state index contributed by atoms with van der Waals surface area (Å²) >= 11 is 17.4. The molecule has 18 heteroatoms. The minimum Gasteiger partial charge on any atom is -0.456 e. The molecule has 10 atom stereocenters. The summed E-state index contributed by atoms with van der Waals surface area (Å²) in [6.07, 6.45) is -8.46. The van der Waals surface area contributed by atoms with Crippen LogP contribution in [0.4, 0.5) is 4.79 Å². The van der Waals surface area contributed by atoms with Crippen LogP contribution >= 0.6 is 34.8 Å². The fourth-order valence-corrected chi connectivity index (χ4v) is 12.1. The van der Waals surface area contributed by atoms with Crippen LogP contribution in [0.1, 0.15) is 76.2 Å². The molecule has 0 aromatic rings. The molecule has 0 aromatic heterocycles. The Balaban J connectivity index is 1.93. The number of alkyl carbamates (subject to hydrolysis) is 1. The van der Waals surface area contributed by atoms with Crippen LogP contribution in [0.5, 0.6) is 0 Å². The summed E-state index contributed by atoms with van der Waals surface area (Å²) in [5, 5.41) is 2.15. The van der Waals surface area contributed by atoms with Gasteiger partial charge in [-0.2, -0.15) is 0 Å². The van der Waals surface area contributed by atoms with Crippen molar-refractivity contribution in [3.05, 3.63) is 0 Å². The lowest BCUT2D eigenvalue weighted by atomic mass is 9.88. The van der Waals surface area contributed by atoms with Gasteiger partial charge in [-0.25, -0.2) is 4.79 Å². The van der Waals surface area contributed by atoms with Crippen molar-refractivity contribution in [3.8, 4) is 0 Å². The maximum atomic E-state index is 13.0. The van der Waals surface area contributed by atoms with E-state index in [4.69, 9.17) is 76.8 Å². The number of carbonyl (C=O) groups excluding carboxylic acids is 4. The molecule has 1 N–H and O–H groups in total. The van der Waals surface area contributed by atoms with Gasteiger partial charge in [0.1, 0.15) is 18.8 Å². The van der Waals surface area contributed by atoms with E-state index in [1.807, 2.05) is 6.92 Å². The van der Waals surface area contributed by atoms with Crippen LogP contribution in [0, 0.1) is 5.92 Å². The summed E-state index contributed by atoms with van der Waals surface area (Å²) in [5.74, 6) is -2.45. The molecule has 0 bridgehead atoms. The molecule has 3 aliphatic rings. The number of fused-ring (bicyclic) bond motifs is 1. The average Bonchev–Trinajstić information content (AvgIpc) is 2.93. The first kappa shape index (κ1) is 42.0. The van der Waals surface area contributed by atoms with Crippen LogP contribution in [0.3, 0.4) is 0 Å². The van der Waals surface area contributed by atoms with Crippen LogP contribution in [0.25, 0.3) is 0 Å². The minimum absolute atomic E-state index is 0.214. The number of hydrogen-bond acceptors (Lipinski definition) is 13. The highest BCUT2D eigenvalue weighted by molar-refractivity contribution is 6.73. The van der Waals surface area contributed by atoms with E-state index < -0.39 is 104 Å². The van der Waals surface area contributed by atoms with Gasteiger partial charge in [0.2, 0.25) is 3.79 Å². The van der Waals surface area contributed by atoms with E-state index in [1.165, 1.54) is 20.8 Å². The van der Waals surface area contributed by atoms with Crippen molar-refractivity contribution in [1.82, 2.24) is 5.32 Å². The number of ether oxygens (including phenoxy) is 7. The Morgan fingerprint density at radius 2 is 1.35 bits per heavy atom. The smallest absolute Gasteiger partial charge is 0.407 e. The van der Waals surface area contributed by atoms with E-state index in [1.54, 1.807) is 6.92 Å². The first-order valence-corrected chi connectivity index (χ1v) is 19.1. The van der Waals surface area contributed by atoms with Crippen molar-refractivity contribution in [1.29, 1.82) is 0 Å². The summed E-state index contributed by atoms with van der Waals surface area (Å²) < 4.78 is 52.2. The number of rotatable bonds is 8.